The van der Waals surface area contributed by atoms with Gasteiger partial charge < -0.3 is 0 Å². The van der Waals surface area contributed by atoms with Crippen LogP contribution in [0.2, 0.25) is 0 Å². The smallest absolute Gasteiger partial charge is 0.264 e. The van der Waals surface area contributed by atoms with Crippen molar-refractivity contribution >= 4 is 41.2 Å². The lowest BCUT2D eigenvalue weighted by atomic mass is 10.4. The van der Waals surface area contributed by atoms with Crippen LogP contribution in [0, 0.1) is 0 Å². The molecule has 0 fully saturated rings. The van der Waals surface area contributed by atoms with Crippen molar-refractivity contribution in [3.8, 4) is 0 Å². The fourth-order valence-electron chi connectivity index (χ4n) is 0.980. The Hall–Kier alpha value is -0.650. The van der Waals surface area contributed by atoms with E-state index in [2.05, 4.69) is 4.98 Å². The first-order chi connectivity index (χ1) is 6.07. The zero-order chi connectivity index (χ0) is 9.47. The van der Waals surface area contributed by atoms with Gasteiger partial charge >= 0.3 is 0 Å². The third-order valence-electron chi connectivity index (χ3n) is 1.53. The zero-order valence-corrected chi connectivity index (χ0v) is 8.66. The van der Waals surface area contributed by atoms with Crippen molar-refractivity contribution < 1.29 is 8.42 Å². The molecule has 2 aromatic rings. The molecular weight excluding hydrogens is 230 g/mol. The van der Waals surface area contributed by atoms with Gasteiger partial charge in [0.2, 0.25) is 0 Å². The standard InChI is InChI=1S/C7H4ClNO2S2/c8-13(10,11)7-3-5-4-9-2-1-6(5)12-7/h1-4H. The number of thiophene rings is 1. The summed E-state index contributed by atoms with van der Waals surface area (Å²) in [6.07, 6.45) is 3.22. The van der Waals surface area contributed by atoms with Crippen LogP contribution in [0.5, 0.6) is 0 Å². The van der Waals surface area contributed by atoms with Crippen LogP contribution in [-0.2, 0) is 9.05 Å². The fraction of sp³-hybridized carbons (Fsp3) is 0. The minimum atomic E-state index is -3.60. The number of pyridine rings is 1. The number of aromatic nitrogens is 1. The number of hydrogen-bond acceptors (Lipinski definition) is 4. The van der Waals surface area contributed by atoms with Crippen molar-refractivity contribution in [3.63, 3.8) is 0 Å². The van der Waals surface area contributed by atoms with E-state index in [0.717, 1.165) is 21.4 Å². The van der Waals surface area contributed by atoms with Crippen molar-refractivity contribution in [1.29, 1.82) is 0 Å². The summed E-state index contributed by atoms with van der Waals surface area (Å²) in [5.74, 6) is 0. The summed E-state index contributed by atoms with van der Waals surface area (Å²) in [6, 6.07) is 3.28. The van der Waals surface area contributed by atoms with Crippen molar-refractivity contribution in [2.75, 3.05) is 0 Å². The minimum absolute atomic E-state index is 0.164. The molecule has 0 unspecified atom stereocenters. The Morgan fingerprint density at radius 3 is 2.85 bits per heavy atom. The van der Waals surface area contributed by atoms with Gasteiger partial charge in [-0.15, -0.1) is 11.3 Å². The first kappa shape index (κ1) is 8.93. The molecule has 0 aliphatic carbocycles. The van der Waals surface area contributed by atoms with Gasteiger partial charge in [0.15, 0.2) is 0 Å². The van der Waals surface area contributed by atoms with Gasteiger partial charge in [0, 0.05) is 33.2 Å². The molecule has 0 aliphatic heterocycles. The van der Waals surface area contributed by atoms with E-state index in [1.54, 1.807) is 18.5 Å². The number of halogens is 1. The fourth-order valence-corrected chi connectivity index (χ4v) is 3.09. The molecule has 0 radical (unpaired) electrons. The number of hydrogen-bond donors (Lipinski definition) is 0. The number of fused-ring (bicyclic) bond motifs is 1. The summed E-state index contributed by atoms with van der Waals surface area (Å²) in [6.45, 7) is 0. The van der Waals surface area contributed by atoms with E-state index in [4.69, 9.17) is 10.7 Å². The van der Waals surface area contributed by atoms with E-state index in [9.17, 15) is 8.42 Å². The normalized spacial score (nSPS) is 12.1. The molecule has 0 aromatic carbocycles. The summed E-state index contributed by atoms with van der Waals surface area (Å²) < 4.78 is 22.9. The summed E-state index contributed by atoms with van der Waals surface area (Å²) in [7, 11) is 1.59. The van der Waals surface area contributed by atoms with Gasteiger partial charge in [-0.25, -0.2) is 8.42 Å². The molecule has 3 nitrogen and oxygen atoms in total. The van der Waals surface area contributed by atoms with E-state index < -0.39 is 9.05 Å². The lowest BCUT2D eigenvalue weighted by Crippen LogP contribution is -1.83. The van der Waals surface area contributed by atoms with E-state index in [-0.39, 0.29) is 4.21 Å². The van der Waals surface area contributed by atoms with Gasteiger partial charge in [0.05, 0.1) is 0 Å². The highest BCUT2D eigenvalue weighted by Crippen LogP contribution is 2.29. The molecule has 0 bridgehead atoms. The Morgan fingerprint density at radius 1 is 1.46 bits per heavy atom. The molecule has 0 atom stereocenters. The maximum Gasteiger partial charge on any atom is 0.270 e. The van der Waals surface area contributed by atoms with Gasteiger partial charge in [-0.3, -0.25) is 4.98 Å². The average Bonchev–Trinajstić information content (AvgIpc) is 2.45. The molecule has 0 saturated heterocycles. The van der Waals surface area contributed by atoms with Crippen LogP contribution in [0.3, 0.4) is 0 Å². The molecule has 68 valence electrons. The Bertz CT molecular complexity index is 513. The van der Waals surface area contributed by atoms with E-state index >= 15 is 0 Å². The molecule has 2 aromatic heterocycles. The van der Waals surface area contributed by atoms with E-state index in [0.29, 0.717) is 0 Å². The predicted octanol–water partition coefficient (Wildman–Crippen LogP) is 2.22. The van der Waals surface area contributed by atoms with Crippen LogP contribution in [0.15, 0.2) is 28.7 Å². The van der Waals surface area contributed by atoms with Gasteiger partial charge in [-0.1, -0.05) is 0 Å². The van der Waals surface area contributed by atoms with Gasteiger partial charge in [0.1, 0.15) is 4.21 Å². The topological polar surface area (TPSA) is 47.0 Å². The molecule has 0 spiro atoms. The third kappa shape index (κ3) is 1.67. The zero-order valence-electron chi connectivity index (χ0n) is 6.27. The second-order valence-corrected chi connectivity index (χ2v) is 6.29. The summed E-state index contributed by atoms with van der Waals surface area (Å²) >= 11 is 1.14. The van der Waals surface area contributed by atoms with Crippen molar-refractivity contribution in [2.45, 2.75) is 4.21 Å². The molecule has 2 heterocycles. The van der Waals surface area contributed by atoms with E-state index in [1.807, 2.05) is 0 Å². The Balaban J connectivity index is 2.77. The number of rotatable bonds is 1. The second kappa shape index (κ2) is 2.94. The Labute approximate surface area is 83.4 Å². The van der Waals surface area contributed by atoms with Crippen LogP contribution >= 0.6 is 22.0 Å². The highest BCUT2D eigenvalue weighted by molar-refractivity contribution is 8.15. The molecular formula is C7H4ClNO2S2. The molecule has 0 N–H and O–H groups in total. The Morgan fingerprint density at radius 2 is 2.23 bits per heavy atom. The molecule has 0 saturated carbocycles. The minimum Gasteiger partial charge on any atom is -0.264 e. The maximum absolute atomic E-state index is 11.0. The van der Waals surface area contributed by atoms with Crippen LogP contribution in [-0.4, -0.2) is 13.4 Å². The highest BCUT2D eigenvalue weighted by atomic mass is 35.7. The first-order valence-electron chi connectivity index (χ1n) is 3.35. The largest absolute Gasteiger partial charge is 0.270 e. The summed E-state index contributed by atoms with van der Waals surface area (Å²) in [5, 5.41) is 0.798. The molecule has 13 heavy (non-hydrogen) atoms. The second-order valence-electron chi connectivity index (χ2n) is 2.42. The highest BCUT2D eigenvalue weighted by Gasteiger charge is 2.13. The number of nitrogens with zero attached hydrogens (tertiary/aromatic N) is 1. The average molecular weight is 234 g/mol. The van der Waals surface area contributed by atoms with Crippen LogP contribution in [0.25, 0.3) is 10.1 Å². The van der Waals surface area contributed by atoms with Crippen LogP contribution in [0.4, 0.5) is 0 Å². The van der Waals surface area contributed by atoms with Crippen LogP contribution in [0.1, 0.15) is 0 Å². The lowest BCUT2D eigenvalue weighted by molar-refractivity contribution is 0.611. The molecule has 0 amide bonds. The van der Waals surface area contributed by atoms with Crippen LogP contribution < -0.4 is 0 Å². The predicted molar refractivity (Wildman–Crippen MR) is 52.7 cm³/mol. The van der Waals surface area contributed by atoms with Crippen molar-refractivity contribution in [3.05, 3.63) is 24.5 Å². The Kier molecular flexibility index (Phi) is 2.02. The third-order valence-corrected chi connectivity index (χ3v) is 4.72. The van der Waals surface area contributed by atoms with Crippen molar-refractivity contribution in [2.24, 2.45) is 0 Å². The lowest BCUT2D eigenvalue weighted by Gasteiger charge is -1.83. The first-order valence-corrected chi connectivity index (χ1v) is 6.48. The quantitative estimate of drug-likeness (QED) is 0.710. The summed E-state index contributed by atoms with van der Waals surface area (Å²) in [5.41, 5.74) is 0. The monoisotopic (exact) mass is 233 g/mol. The molecule has 2 rings (SSSR count). The van der Waals surface area contributed by atoms with Gasteiger partial charge in [-0.2, -0.15) is 0 Å². The van der Waals surface area contributed by atoms with Gasteiger partial charge in [0.25, 0.3) is 9.05 Å². The maximum atomic E-state index is 11.0. The van der Waals surface area contributed by atoms with Crippen molar-refractivity contribution in [1.82, 2.24) is 4.98 Å². The van der Waals surface area contributed by atoms with Gasteiger partial charge in [-0.05, 0) is 12.1 Å². The van der Waals surface area contributed by atoms with E-state index in [1.165, 1.54) is 6.07 Å². The summed E-state index contributed by atoms with van der Waals surface area (Å²) in [4.78, 5) is 3.88. The SMILES string of the molecule is O=S(=O)(Cl)c1cc2cnccc2s1. The molecule has 0 aliphatic rings. The molecule has 6 heteroatoms.